The molecule has 162 valence electrons. The Morgan fingerprint density at radius 3 is 2.65 bits per heavy atom. The number of imidazole rings is 1. The molecule has 0 aliphatic carbocycles. The predicted octanol–water partition coefficient (Wildman–Crippen LogP) is 3.74. The fourth-order valence-electron chi connectivity index (χ4n) is 4.19. The Bertz CT molecular complexity index is 1030. The molecule has 0 spiro atoms. The quantitative estimate of drug-likeness (QED) is 0.609. The van der Waals surface area contributed by atoms with Gasteiger partial charge >= 0.3 is 0 Å². The second kappa shape index (κ2) is 9.29. The van der Waals surface area contributed by atoms with E-state index in [0.29, 0.717) is 13.0 Å². The number of ether oxygens (including phenoxy) is 1. The monoisotopic (exact) mass is 419 g/mol. The maximum absolute atomic E-state index is 13.0. The minimum absolute atomic E-state index is 0.144. The molecule has 7 heteroatoms. The summed E-state index contributed by atoms with van der Waals surface area (Å²) in [5.41, 5.74) is 1.93. The van der Waals surface area contributed by atoms with Crippen LogP contribution >= 0.6 is 0 Å². The molecule has 4 rings (SSSR count). The molecule has 0 bridgehead atoms. The first-order chi connectivity index (χ1) is 15.1. The molecule has 31 heavy (non-hydrogen) atoms. The number of piperidine rings is 1. The lowest BCUT2D eigenvalue weighted by molar-refractivity contribution is -0.131. The van der Waals surface area contributed by atoms with Gasteiger partial charge in [0, 0.05) is 49.7 Å². The molecule has 1 saturated heterocycles. The van der Waals surface area contributed by atoms with Crippen molar-refractivity contribution in [3.63, 3.8) is 0 Å². The first kappa shape index (κ1) is 21.0. The number of aromatic nitrogens is 4. The van der Waals surface area contributed by atoms with Gasteiger partial charge in [-0.15, -0.1) is 0 Å². The summed E-state index contributed by atoms with van der Waals surface area (Å²) in [6.45, 7) is 5.68. The van der Waals surface area contributed by atoms with E-state index in [0.717, 1.165) is 48.0 Å². The van der Waals surface area contributed by atoms with Gasteiger partial charge in [-0.2, -0.15) is 0 Å². The van der Waals surface area contributed by atoms with E-state index in [9.17, 15) is 4.79 Å². The van der Waals surface area contributed by atoms with Crippen molar-refractivity contribution >= 4 is 5.91 Å². The third-order valence-electron chi connectivity index (χ3n) is 5.80. The van der Waals surface area contributed by atoms with E-state index in [1.165, 1.54) is 0 Å². The standard InChI is InChI=1S/C24H29N5O2/c1-17(2)23-27-12-14-29(23)24-22(25-10-11-26-24)19-5-4-13-28(16-19)21(30)15-18-6-8-20(31-3)9-7-18/h6-12,14,17,19H,4-5,13,15-16H2,1-3H3/t19-/m1/s1. The van der Waals surface area contributed by atoms with Crippen molar-refractivity contribution in [2.45, 2.75) is 44.9 Å². The van der Waals surface area contributed by atoms with Gasteiger partial charge in [-0.1, -0.05) is 26.0 Å². The topological polar surface area (TPSA) is 73.1 Å². The van der Waals surface area contributed by atoms with Gasteiger partial charge in [0.1, 0.15) is 11.6 Å². The lowest BCUT2D eigenvalue weighted by atomic mass is 9.93. The number of carbonyl (C=O) groups is 1. The van der Waals surface area contributed by atoms with Crippen LogP contribution in [-0.4, -0.2) is 50.5 Å². The lowest BCUT2D eigenvalue weighted by Gasteiger charge is -2.33. The average molecular weight is 420 g/mol. The molecule has 0 N–H and O–H groups in total. The Kier molecular flexibility index (Phi) is 6.30. The number of hydrogen-bond acceptors (Lipinski definition) is 5. The second-order valence-corrected chi connectivity index (χ2v) is 8.28. The molecule has 7 nitrogen and oxygen atoms in total. The van der Waals surface area contributed by atoms with Gasteiger partial charge in [0.15, 0.2) is 5.82 Å². The zero-order chi connectivity index (χ0) is 21.8. The number of carbonyl (C=O) groups excluding carboxylic acids is 1. The number of hydrogen-bond donors (Lipinski definition) is 0. The van der Waals surface area contributed by atoms with E-state index in [4.69, 9.17) is 9.72 Å². The smallest absolute Gasteiger partial charge is 0.227 e. The third kappa shape index (κ3) is 4.60. The molecular formula is C24H29N5O2. The van der Waals surface area contributed by atoms with Crippen molar-refractivity contribution in [3.05, 3.63) is 66.1 Å². The van der Waals surface area contributed by atoms with E-state index in [1.54, 1.807) is 25.7 Å². The summed E-state index contributed by atoms with van der Waals surface area (Å²) in [4.78, 5) is 28.8. The van der Waals surface area contributed by atoms with E-state index in [-0.39, 0.29) is 17.7 Å². The molecular weight excluding hydrogens is 390 g/mol. The van der Waals surface area contributed by atoms with Crippen LogP contribution in [0.5, 0.6) is 5.75 Å². The molecule has 3 aromatic rings. The molecule has 2 aromatic heterocycles. The Balaban J connectivity index is 1.52. The summed E-state index contributed by atoms with van der Waals surface area (Å²) >= 11 is 0. The van der Waals surface area contributed by atoms with Crippen molar-refractivity contribution in [1.82, 2.24) is 24.4 Å². The second-order valence-electron chi connectivity index (χ2n) is 8.28. The third-order valence-corrected chi connectivity index (χ3v) is 5.80. The van der Waals surface area contributed by atoms with Crippen LogP contribution in [0.2, 0.25) is 0 Å². The normalized spacial score (nSPS) is 16.5. The fourth-order valence-corrected chi connectivity index (χ4v) is 4.19. The van der Waals surface area contributed by atoms with Gasteiger partial charge in [0.2, 0.25) is 5.91 Å². The van der Waals surface area contributed by atoms with Gasteiger partial charge in [0.05, 0.1) is 19.2 Å². The molecule has 1 amide bonds. The number of amides is 1. The van der Waals surface area contributed by atoms with E-state index >= 15 is 0 Å². The average Bonchev–Trinajstić information content (AvgIpc) is 3.30. The van der Waals surface area contributed by atoms with Crippen LogP contribution < -0.4 is 4.74 Å². The Morgan fingerprint density at radius 1 is 1.13 bits per heavy atom. The molecule has 3 heterocycles. The molecule has 1 aromatic carbocycles. The summed E-state index contributed by atoms with van der Waals surface area (Å²) in [6, 6.07) is 7.69. The number of methoxy groups -OCH3 is 1. The zero-order valence-corrected chi connectivity index (χ0v) is 18.4. The highest BCUT2D eigenvalue weighted by molar-refractivity contribution is 5.79. The molecule has 1 aliphatic rings. The van der Waals surface area contributed by atoms with Crippen LogP contribution in [0, 0.1) is 0 Å². The molecule has 1 aliphatic heterocycles. The molecule has 0 saturated carbocycles. The van der Waals surface area contributed by atoms with Gasteiger partial charge < -0.3 is 9.64 Å². The van der Waals surface area contributed by atoms with Crippen LogP contribution in [0.1, 0.15) is 55.6 Å². The summed E-state index contributed by atoms with van der Waals surface area (Å²) in [6.07, 6.45) is 9.54. The van der Waals surface area contributed by atoms with Crippen molar-refractivity contribution in [2.75, 3.05) is 20.2 Å². The number of nitrogens with zero attached hydrogens (tertiary/aromatic N) is 5. The molecule has 0 unspecified atom stereocenters. The highest BCUT2D eigenvalue weighted by Crippen LogP contribution is 2.30. The highest BCUT2D eigenvalue weighted by Gasteiger charge is 2.28. The van der Waals surface area contributed by atoms with Crippen molar-refractivity contribution < 1.29 is 9.53 Å². The van der Waals surface area contributed by atoms with Gasteiger partial charge in [-0.3, -0.25) is 14.3 Å². The largest absolute Gasteiger partial charge is 0.497 e. The van der Waals surface area contributed by atoms with Crippen molar-refractivity contribution in [1.29, 1.82) is 0 Å². The minimum Gasteiger partial charge on any atom is -0.497 e. The van der Waals surface area contributed by atoms with Crippen LogP contribution in [0.25, 0.3) is 5.82 Å². The van der Waals surface area contributed by atoms with Gasteiger partial charge in [-0.05, 0) is 30.5 Å². The molecule has 1 fully saturated rings. The summed E-state index contributed by atoms with van der Waals surface area (Å²) in [5, 5.41) is 0. The van der Waals surface area contributed by atoms with Gasteiger partial charge in [-0.25, -0.2) is 9.97 Å². The molecule has 0 radical (unpaired) electrons. The van der Waals surface area contributed by atoms with E-state index in [1.807, 2.05) is 39.9 Å². The Labute approximate surface area is 183 Å². The summed E-state index contributed by atoms with van der Waals surface area (Å²) in [5.74, 6) is 3.15. The van der Waals surface area contributed by atoms with E-state index in [2.05, 4.69) is 23.8 Å². The summed E-state index contributed by atoms with van der Waals surface area (Å²) < 4.78 is 7.24. The highest BCUT2D eigenvalue weighted by atomic mass is 16.5. The van der Waals surface area contributed by atoms with Crippen LogP contribution in [0.4, 0.5) is 0 Å². The maximum atomic E-state index is 13.0. The van der Waals surface area contributed by atoms with Gasteiger partial charge in [0.25, 0.3) is 0 Å². The number of benzene rings is 1. The van der Waals surface area contributed by atoms with Crippen molar-refractivity contribution in [3.8, 4) is 11.6 Å². The number of likely N-dealkylation sites (tertiary alicyclic amines) is 1. The van der Waals surface area contributed by atoms with Crippen molar-refractivity contribution in [2.24, 2.45) is 0 Å². The Morgan fingerprint density at radius 2 is 1.90 bits per heavy atom. The van der Waals surface area contributed by atoms with Crippen LogP contribution in [0.15, 0.2) is 49.1 Å². The maximum Gasteiger partial charge on any atom is 0.227 e. The Hall–Kier alpha value is -3.22. The first-order valence-corrected chi connectivity index (χ1v) is 10.8. The minimum atomic E-state index is 0.144. The lowest BCUT2D eigenvalue weighted by Crippen LogP contribution is -2.40. The predicted molar refractivity (Wildman–Crippen MR) is 118 cm³/mol. The van der Waals surface area contributed by atoms with E-state index < -0.39 is 0 Å². The SMILES string of the molecule is COc1ccc(CC(=O)N2CCC[C@@H](c3nccnc3-n3ccnc3C(C)C)C2)cc1. The fraction of sp³-hybridized carbons (Fsp3) is 0.417. The first-order valence-electron chi connectivity index (χ1n) is 10.8. The number of rotatable bonds is 6. The van der Waals surface area contributed by atoms with Crippen LogP contribution in [-0.2, 0) is 11.2 Å². The molecule has 1 atom stereocenters. The zero-order valence-electron chi connectivity index (χ0n) is 18.4. The summed E-state index contributed by atoms with van der Waals surface area (Å²) in [7, 11) is 1.64. The van der Waals surface area contributed by atoms with Crippen LogP contribution in [0.3, 0.4) is 0 Å².